The van der Waals surface area contributed by atoms with Gasteiger partial charge in [0.15, 0.2) is 17.4 Å². The van der Waals surface area contributed by atoms with E-state index in [-0.39, 0.29) is 78.7 Å². The van der Waals surface area contributed by atoms with Crippen molar-refractivity contribution in [3.05, 3.63) is 0 Å². The Morgan fingerprint density at radius 3 is 0.833 bits per heavy atom. The van der Waals surface area contributed by atoms with Crippen LogP contribution in [0.2, 0.25) is 0 Å². The first-order valence-electron chi connectivity index (χ1n) is 0. The molecule has 0 spiro atoms. The summed E-state index contributed by atoms with van der Waals surface area (Å²) in [6.45, 7) is 0. The monoisotopic (exact) mass is 238 g/mol. The summed E-state index contributed by atoms with van der Waals surface area (Å²) in [4.78, 5) is 0. The molecule has 0 heterocycles. The van der Waals surface area contributed by atoms with Gasteiger partial charge in [-0.3, -0.25) is 0 Å². The second-order valence-corrected chi connectivity index (χ2v) is 0. The van der Waals surface area contributed by atoms with Crippen molar-refractivity contribution in [3.8, 4) is 0 Å². The third kappa shape index (κ3) is 38.0. The fraction of sp³-hybridized carbons (Fsp3) is 0. The second-order valence-electron chi connectivity index (χ2n) is 0. The van der Waals surface area contributed by atoms with Crippen LogP contribution >= 0.6 is 0 Å². The van der Waals surface area contributed by atoms with Crippen molar-refractivity contribution in [2.75, 3.05) is 0 Å². The zero-order valence-corrected chi connectivity index (χ0v) is 5.24. The van der Waals surface area contributed by atoms with E-state index in [1.54, 1.807) is 0 Å². The molecule has 0 amide bonds. The summed E-state index contributed by atoms with van der Waals surface area (Å²) < 4.78 is 0. The summed E-state index contributed by atoms with van der Waals surface area (Å²) in [7, 11) is 0. The third-order valence-corrected chi connectivity index (χ3v) is 0. The van der Waals surface area contributed by atoms with Crippen molar-refractivity contribution in [2.24, 2.45) is 0 Å². The van der Waals surface area contributed by atoms with E-state index in [1.807, 2.05) is 0 Å². The predicted molar refractivity (Wildman–Crippen MR) is 17.2 cm³/mol. The number of hydrogen-bond acceptors (Lipinski definition) is 0. The average molecular weight is 239 g/mol. The SMILES string of the molecule is O.O.[AlH3].[Co].[Mn].[Ni]. The molecular formula is H7AlCoMnNiO2. The first-order valence-corrected chi connectivity index (χ1v) is 0. The first kappa shape index (κ1) is 99.7. The van der Waals surface area contributed by atoms with Crippen molar-refractivity contribution in [2.45, 2.75) is 0 Å². The quantitative estimate of drug-likeness (QED) is 0.408. The minimum atomic E-state index is 0. The maximum Gasteiger partial charge on any atom is 0.187 e. The van der Waals surface area contributed by atoms with Gasteiger partial charge in [0.05, 0.1) is 0 Å². The summed E-state index contributed by atoms with van der Waals surface area (Å²) in [6.07, 6.45) is 0. The Kier molecular flexibility index (Phi) is 1060. The van der Waals surface area contributed by atoms with Crippen LogP contribution in [0.1, 0.15) is 0 Å². The van der Waals surface area contributed by atoms with Crippen molar-refractivity contribution in [3.63, 3.8) is 0 Å². The molecule has 0 rings (SSSR count). The second kappa shape index (κ2) is 63.9. The molecule has 0 fully saturated rings. The van der Waals surface area contributed by atoms with Gasteiger partial charge in [0.25, 0.3) is 0 Å². The van der Waals surface area contributed by atoms with Gasteiger partial charge in [0.2, 0.25) is 0 Å². The Balaban J connectivity index is 0. The Morgan fingerprint density at radius 2 is 0.833 bits per heavy atom. The number of rotatable bonds is 0. The van der Waals surface area contributed by atoms with Crippen molar-refractivity contribution < 1.29 is 61.3 Å². The fourth-order valence-corrected chi connectivity index (χ4v) is 0. The van der Waals surface area contributed by atoms with E-state index in [0.29, 0.717) is 0 Å². The summed E-state index contributed by atoms with van der Waals surface area (Å²) in [5.74, 6) is 0. The van der Waals surface area contributed by atoms with Crippen LogP contribution in [0.3, 0.4) is 0 Å². The topological polar surface area (TPSA) is 63.0 Å². The fourth-order valence-electron chi connectivity index (χ4n) is 0. The summed E-state index contributed by atoms with van der Waals surface area (Å²) in [5, 5.41) is 0. The molecule has 0 aliphatic heterocycles. The van der Waals surface area contributed by atoms with Gasteiger partial charge in [0.1, 0.15) is 0 Å². The van der Waals surface area contributed by atoms with Crippen molar-refractivity contribution in [1.82, 2.24) is 0 Å². The minimum Gasteiger partial charge on any atom is -0.412 e. The normalized spacial score (nSPS) is 0. The van der Waals surface area contributed by atoms with E-state index in [2.05, 4.69) is 0 Å². The van der Waals surface area contributed by atoms with E-state index in [4.69, 9.17) is 0 Å². The smallest absolute Gasteiger partial charge is 0.187 e. The molecule has 6 heteroatoms. The van der Waals surface area contributed by atoms with Gasteiger partial charge in [-0.15, -0.1) is 0 Å². The zero-order valence-electron chi connectivity index (χ0n) is 2.03. The minimum absolute atomic E-state index is 0. The average Bonchev–Trinajstić information content (AvgIpc) is 0. The molecule has 0 aromatic rings. The Morgan fingerprint density at radius 1 is 0.833 bits per heavy atom. The van der Waals surface area contributed by atoms with Crippen LogP contribution < -0.4 is 0 Å². The molecule has 0 aromatic heterocycles. The molecule has 0 aliphatic rings. The molecule has 2 nitrogen and oxygen atoms in total. The van der Waals surface area contributed by atoms with Crippen molar-refractivity contribution >= 4 is 17.4 Å². The van der Waals surface area contributed by atoms with E-state index in [0.717, 1.165) is 0 Å². The van der Waals surface area contributed by atoms with Crippen LogP contribution in [0.15, 0.2) is 0 Å². The largest absolute Gasteiger partial charge is 0.412 e. The van der Waals surface area contributed by atoms with E-state index in [9.17, 15) is 0 Å². The summed E-state index contributed by atoms with van der Waals surface area (Å²) in [5.41, 5.74) is 0. The van der Waals surface area contributed by atoms with Gasteiger partial charge < -0.3 is 11.0 Å². The van der Waals surface area contributed by atoms with Gasteiger partial charge >= 0.3 is 0 Å². The van der Waals surface area contributed by atoms with Gasteiger partial charge in [-0.05, 0) is 0 Å². The van der Waals surface area contributed by atoms with Crippen LogP contribution in [-0.2, 0) is 50.3 Å². The molecular weight excluding hydrogens is 232 g/mol. The molecule has 0 aliphatic carbocycles. The Hall–Kier alpha value is 1.97. The van der Waals surface area contributed by atoms with Crippen LogP contribution in [-0.4, -0.2) is 28.3 Å². The molecule has 6 heavy (non-hydrogen) atoms. The van der Waals surface area contributed by atoms with E-state index >= 15 is 0 Å². The molecule has 48 valence electrons. The molecule has 0 aromatic carbocycles. The third-order valence-electron chi connectivity index (χ3n) is 0. The molecule has 0 saturated carbocycles. The summed E-state index contributed by atoms with van der Waals surface area (Å²) in [6, 6.07) is 0. The van der Waals surface area contributed by atoms with Crippen LogP contribution in [0, 0.1) is 0 Å². The predicted octanol–water partition coefficient (Wildman–Crippen LogP) is -2.84. The first-order chi connectivity index (χ1) is 0. The van der Waals surface area contributed by atoms with Crippen LogP contribution in [0.5, 0.6) is 0 Å². The molecule has 0 saturated heterocycles. The maximum atomic E-state index is 0. The van der Waals surface area contributed by atoms with Crippen molar-refractivity contribution in [1.29, 1.82) is 0 Å². The van der Waals surface area contributed by atoms with E-state index < -0.39 is 0 Å². The van der Waals surface area contributed by atoms with Gasteiger partial charge in [-0.2, -0.15) is 0 Å². The Bertz CT molecular complexity index is 13.5. The van der Waals surface area contributed by atoms with Crippen LogP contribution in [0.25, 0.3) is 0 Å². The van der Waals surface area contributed by atoms with Gasteiger partial charge in [-0.25, -0.2) is 0 Å². The molecule has 0 unspecified atom stereocenters. The van der Waals surface area contributed by atoms with Gasteiger partial charge in [-0.1, -0.05) is 0 Å². The zero-order chi connectivity index (χ0) is 0. The molecule has 0 atom stereocenters. The number of hydrogen-bond donors (Lipinski definition) is 0. The standard InChI is InChI=1S/Al.Co.Mn.Ni.2H2O.3H/h;;;;2*1H2;;;. The summed E-state index contributed by atoms with van der Waals surface area (Å²) >= 11 is 0. The molecule has 2 radical (unpaired) electrons. The molecule has 0 bridgehead atoms. The molecule has 4 N–H and O–H groups in total. The van der Waals surface area contributed by atoms with Gasteiger partial charge in [0, 0.05) is 50.3 Å². The van der Waals surface area contributed by atoms with Crippen LogP contribution in [0.4, 0.5) is 0 Å². The van der Waals surface area contributed by atoms with E-state index in [1.165, 1.54) is 0 Å². The Labute approximate surface area is 78.2 Å². The maximum absolute atomic E-state index is 0.